The summed E-state index contributed by atoms with van der Waals surface area (Å²) in [5.41, 5.74) is 1.87. The largest absolute Gasteiger partial charge is 0.490 e. The fourth-order valence-corrected chi connectivity index (χ4v) is 3.54. The molecule has 2 N–H and O–H groups in total. The number of amides is 1. The Kier molecular flexibility index (Phi) is 8.29. The zero-order chi connectivity index (χ0) is 23.8. The summed E-state index contributed by atoms with van der Waals surface area (Å²) in [6, 6.07) is 12.9. The number of aromatic nitrogens is 2. The van der Waals surface area contributed by atoms with Crippen LogP contribution in [0.5, 0.6) is 5.75 Å². The molecule has 8 nitrogen and oxygen atoms in total. The molecular weight excluding hydrogens is 422 g/mol. The minimum absolute atomic E-state index is 0.0530. The molecule has 0 aliphatic rings. The van der Waals surface area contributed by atoms with Gasteiger partial charge in [-0.05, 0) is 58.2 Å². The number of carboxylic acids is 1. The van der Waals surface area contributed by atoms with Crippen molar-refractivity contribution in [2.45, 2.75) is 65.1 Å². The average molecular weight is 454 g/mol. The lowest BCUT2D eigenvalue weighted by Crippen LogP contribution is -2.36. The van der Waals surface area contributed by atoms with E-state index in [1.807, 2.05) is 45.0 Å². The number of para-hydroxylation sites is 1. The van der Waals surface area contributed by atoms with Gasteiger partial charge in [-0.25, -0.2) is 0 Å². The first-order valence-corrected chi connectivity index (χ1v) is 11.2. The third-order valence-corrected chi connectivity index (χ3v) is 5.36. The molecule has 3 aromatic rings. The Labute approximate surface area is 193 Å². The highest BCUT2D eigenvalue weighted by molar-refractivity contribution is 5.93. The second-order valence-electron chi connectivity index (χ2n) is 8.35. The minimum Gasteiger partial charge on any atom is -0.490 e. The molecular formula is C25H31N3O5. The van der Waals surface area contributed by atoms with Crippen molar-refractivity contribution in [3.05, 3.63) is 60.0 Å². The van der Waals surface area contributed by atoms with Crippen LogP contribution < -0.4 is 4.74 Å². The number of nitrogens with zero attached hydrogens (tertiary/aromatic N) is 2. The number of furan rings is 1. The summed E-state index contributed by atoms with van der Waals surface area (Å²) in [4.78, 5) is 25.7. The lowest BCUT2D eigenvalue weighted by atomic mass is 10.1. The van der Waals surface area contributed by atoms with E-state index in [2.05, 4.69) is 10.2 Å². The number of unbranched alkanes of at least 4 members (excludes halogenated alkanes) is 1. The summed E-state index contributed by atoms with van der Waals surface area (Å²) < 4.78 is 11.5. The first-order chi connectivity index (χ1) is 15.8. The fourth-order valence-electron chi connectivity index (χ4n) is 3.54. The smallest absolute Gasteiger partial charge is 0.303 e. The number of ether oxygens (including phenoxy) is 1. The van der Waals surface area contributed by atoms with Gasteiger partial charge in [-0.2, -0.15) is 5.10 Å². The predicted molar refractivity (Wildman–Crippen MR) is 124 cm³/mol. The van der Waals surface area contributed by atoms with E-state index in [1.165, 1.54) is 0 Å². The van der Waals surface area contributed by atoms with E-state index >= 15 is 0 Å². The summed E-state index contributed by atoms with van der Waals surface area (Å²) >= 11 is 0. The molecule has 1 amide bonds. The Morgan fingerprint density at radius 2 is 1.94 bits per heavy atom. The van der Waals surface area contributed by atoms with Gasteiger partial charge < -0.3 is 19.2 Å². The molecule has 0 radical (unpaired) electrons. The number of nitrogens with one attached hydrogen (secondary N) is 1. The SMILES string of the molecule is CC(CCCCC(=O)O)Oc1ccccc1CN(C(=O)c1cc(-c2ccco2)[nH]n1)C(C)C. The van der Waals surface area contributed by atoms with Crippen molar-refractivity contribution in [3.63, 3.8) is 0 Å². The van der Waals surface area contributed by atoms with E-state index in [0.29, 0.717) is 30.1 Å². The van der Waals surface area contributed by atoms with Gasteiger partial charge in [-0.15, -0.1) is 0 Å². The van der Waals surface area contributed by atoms with E-state index in [9.17, 15) is 9.59 Å². The molecule has 3 rings (SSSR count). The van der Waals surface area contributed by atoms with Crippen LogP contribution >= 0.6 is 0 Å². The van der Waals surface area contributed by atoms with Gasteiger partial charge in [0, 0.05) is 30.6 Å². The van der Waals surface area contributed by atoms with Crippen LogP contribution in [0, 0.1) is 0 Å². The molecule has 0 saturated carbocycles. The zero-order valence-corrected chi connectivity index (χ0v) is 19.3. The maximum Gasteiger partial charge on any atom is 0.303 e. The van der Waals surface area contributed by atoms with Gasteiger partial charge in [0.1, 0.15) is 11.4 Å². The number of benzene rings is 1. The second kappa shape index (κ2) is 11.4. The molecule has 33 heavy (non-hydrogen) atoms. The Hall–Kier alpha value is -3.55. The van der Waals surface area contributed by atoms with Crippen LogP contribution in [-0.4, -0.2) is 44.2 Å². The highest BCUT2D eigenvalue weighted by atomic mass is 16.5. The van der Waals surface area contributed by atoms with E-state index in [0.717, 1.165) is 24.2 Å². The lowest BCUT2D eigenvalue weighted by Gasteiger charge is -2.27. The molecule has 0 aliphatic carbocycles. The van der Waals surface area contributed by atoms with Crippen LogP contribution in [0.25, 0.3) is 11.5 Å². The number of aromatic amines is 1. The zero-order valence-electron chi connectivity index (χ0n) is 19.3. The number of carbonyl (C=O) groups is 2. The number of aliphatic carboxylic acids is 1. The Balaban J connectivity index is 1.68. The summed E-state index contributed by atoms with van der Waals surface area (Å²) in [5, 5.41) is 15.8. The summed E-state index contributed by atoms with van der Waals surface area (Å²) in [6.45, 7) is 6.28. The molecule has 2 aromatic heterocycles. The monoisotopic (exact) mass is 453 g/mol. The minimum atomic E-state index is -0.777. The third-order valence-electron chi connectivity index (χ3n) is 5.36. The molecule has 2 heterocycles. The molecule has 0 fully saturated rings. The van der Waals surface area contributed by atoms with Crippen LogP contribution in [0.15, 0.2) is 53.1 Å². The van der Waals surface area contributed by atoms with Crippen molar-refractivity contribution < 1.29 is 23.8 Å². The average Bonchev–Trinajstić information content (AvgIpc) is 3.47. The number of carbonyl (C=O) groups excluding carboxylic acids is 1. The van der Waals surface area contributed by atoms with Crippen molar-refractivity contribution in [2.24, 2.45) is 0 Å². The van der Waals surface area contributed by atoms with Crippen molar-refractivity contribution in [1.82, 2.24) is 15.1 Å². The molecule has 1 unspecified atom stereocenters. The third kappa shape index (κ3) is 6.71. The normalized spacial score (nSPS) is 12.0. The second-order valence-corrected chi connectivity index (χ2v) is 8.35. The van der Waals surface area contributed by atoms with Crippen LogP contribution in [0.1, 0.15) is 62.5 Å². The summed E-state index contributed by atoms with van der Waals surface area (Å²) in [6.07, 6.45) is 3.85. The predicted octanol–water partition coefficient (Wildman–Crippen LogP) is 5.13. The van der Waals surface area contributed by atoms with Gasteiger partial charge in [0.15, 0.2) is 11.5 Å². The number of carboxylic acid groups (broad SMARTS) is 1. The molecule has 0 saturated heterocycles. The topological polar surface area (TPSA) is 109 Å². The van der Waals surface area contributed by atoms with Crippen LogP contribution in [0.2, 0.25) is 0 Å². The molecule has 0 spiro atoms. The number of hydrogen-bond donors (Lipinski definition) is 2. The molecule has 8 heteroatoms. The number of rotatable bonds is 12. The highest BCUT2D eigenvalue weighted by Crippen LogP contribution is 2.25. The Bertz CT molecular complexity index is 1040. The summed E-state index contributed by atoms with van der Waals surface area (Å²) in [7, 11) is 0. The quantitative estimate of drug-likeness (QED) is 0.368. The number of hydrogen-bond acceptors (Lipinski definition) is 5. The van der Waals surface area contributed by atoms with Crippen molar-refractivity contribution in [2.75, 3.05) is 0 Å². The van der Waals surface area contributed by atoms with E-state index < -0.39 is 5.97 Å². The van der Waals surface area contributed by atoms with Crippen molar-refractivity contribution in [1.29, 1.82) is 0 Å². The molecule has 1 aromatic carbocycles. The fraction of sp³-hybridized carbons (Fsp3) is 0.400. The van der Waals surface area contributed by atoms with E-state index in [-0.39, 0.29) is 24.5 Å². The highest BCUT2D eigenvalue weighted by Gasteiger charge is 2.23. The van der Waals surface area contributed by atoms with Gasteiger partial charge >= 0.3 is 5.97 Å². The molecule has 0 bridgehead atoms. The van der Waals surface area contributed by atoms with Crippen molar-refractivity contribution in [3.8, 4) is 17.2 Å². The van der Waals surface area contributed by atoms with Crippen molar-refractivity contribution >= 4 is 11.9 Å². The van der Waals surface area contributed by atoms with Crippen LogP contribution in [0.4, 0.5) is 0 Å². The van der Waals surface area contributed by atoms with E-state index in [1.54, 1.807) is 29.4 Å². The van der Waals surface area contributed by atoms with Gasteiger partial charge in [-0.3, -0.25) is 14.7 Å². The maximum atomic E-state index is 13.3. The Morgan fingerprint density at radius 3 is 2.64 bits per heavy atom. The molecule has 176 valence electrons. The van der Waals surface area contributed by atoms with Gasteiger partial charge in [-0.1, -0.05) is 18.2 Å². The van der Waals surface area contributed by atoms with Gasteiger partial charge in [0.05, 0.1) is 12.4 Å². The van der Waals surface area contributed by atoms with Gasteiger partial charge in [0.25, 0.3) is 5.91 Å². The summed E-state index contributed by atoms with van der Waals surface area (Å²) in [5.74, 6) is 0.379. The Morgan fingerprint density at radius 1 is 1.15 bits per heavy atom. The van der Waals surface area contributed by atoms with Crippen LogP contribution in [-0.2, 0) is 11.3 Å². The molecule has 0 aliphatic heterocycles. The van der Waals surface area contributed by atoms with Crippen LogP contribution in [0.3, 0.4) is 0 Å². The maximum absolute atomic E-state index is 13.3. The van der Waals surface area contributed by atoms with Gasteiger partial charge in [0.2, 0.25) is 0 Å². The first kappa shape index (κ1) is 24.1. The van der Waals surface area contributed by atoms with E-state index in [4.69, 9.17) is 14.3 Å². The first-order valence-electron chi connectivity index (χ1n) is 11.2. The number of H-pyrrole nitrogens is 1. The standard InChI is InChI=1S/C25H31N3O5/c1-17(2)28(25(31)21-15-20(26-27-21)23-12-8-14-32-23)16-19-10-5-6-11-22(19)33-18(3)9-4-7-13-24(29)30/h5-6,8,10-12,14-15,17-18H,4,7,9,13,16H2,1-3H3,(H,26,27)(H,29,30). The molecule has 1 atom stereocenters. The lowest BCUT2D eigenvalue weighted by molar-refractivity contribution is -0.137.